The number of carbonyl (C=O) groups is 4. The molecule has 22 heteroatoms. The fourth-order valence-corrected chi connectivity index (χ4v) is 9.26. The van der Waals surface area contributed by atoms with Gasteiger partial charge in [0.1, 0.15) is 34.6 Å². The number of benzene rings is 4. The minimum atomic E-state index is -1.68. The predicted octanol–water partition coefficient (Wildman–Crippen LogP) is 8.70. The summed E-state index contributed by atoms with van der Waals surface area (Å²) >= 11 is 0. The van der Waals surface area contributed by atoms with Crippen molar-refractivity contribution in [3.63, 3.8) is 0 Å². The van der Waals surface area contributed by atoms with Gasteiger partial charge in [-0.1, -0.05) is 24.3 Å². The maximum Gasteiger partial charge on any atom is 0.328 e. The number of nitrogens with one attached hydrogen (secondary N) is 5. The topological polar surface area (TPSA) is 207 Å². The van der Waals surface area contributed by atoms with Crippen molar-refractivity contribution in [2.45, 2.75) is 90.8 Å². The smallest absolute Gasteiger partial charge is 0.328 e. The Morgan fingerprint density at radius 2 is 1.08 bits per heavy atom. The summed E-state index contributed by atoms with van der Waals surface area (Å²) in [4.78, 5) is 73.5. The fraction of sp³-hybridized carbons (Fsp3) is 0.321. The molecule has 0 bridgehead atoms. The molecule has 5 N–H and O–H groups in total. The second kappa shape index (κ2) is 22.3. The zero-order valence-corrected chi connectivity index (χ0v) is 43.3. The van der Waals surface area contributed by atoms with Crippen molar-refractivity contribution in [2.24, 2.45) is 0 Å². The summed E-state index contributed by atoms with van der Waals surface area (Å²) in [5.41, 5.74) is 4.12. The molecule has 1 atom stereocenters. The second-order valence-corrected chi connectivity index (χ2v) is 20.2. The van der Waals surface area contributed by atoms with Gasteiger partial charge in [0.05, 0.1) is 35.3 Å². The minimum absolute atomic E-state index is 0.0332. The molecule has 2 aromatic heterocycles. The molecule has 9 rings (SSSR count). The zero-order valence-electron chi connectivity index (χ0n) is 42.5. The Kier molecular flexibility index (Phi) is 15.9. The molecule has 5 heterocycles. The number of nitrogens with zero attached hydrogens (tertiary/aromatic N) is 7. The first-order valence-corrected chi connectivity index (χ1v) is 25.7. The van der Waals surface area contributed by atoms with Crippen molar-refractivity contribution in [3.8, 4) is 22.5 Å². The second-order valence-electron chi connectivity index (χ2n) is 19.0. The Morgan fingerprint density at radius 3 is 1.51 bits per heavy atom. The summed E-state index contributed by atoms with van der Waals surface area (Å²) in [5, 5.41) is 14.3. The Hall–Kier alpha value is -7.85. The van der Waals surface area contributed by atoms with Crippen molar-refractivity contribution in [1.29, 1.82) is 0 Å². The average molecular weight is 1050 g/mol. The van der Waals surface area contributed by atoms with Gasteiger partial charge in [-0.15, -0.1) is 0 Å². The van der Waals surface area contributed by atoms with E-state index in [-0.39, 0.29) is 65.8 Å². The number of hydrogen-bond acceptors (Lipinski definition) is 11. The molecule has 1 saturated heterocycles. The number of anilines is 5. The molecule has 4 aromatic carbocycles. The summed E-state index contributed by atoms with van der Waals surface area (Å²) in [5.74, 6) is -3.97. The van der Waals surface area contributed by atoms with Crippen LogP contribution >= 0.6 is 0 Å². The van der Waals surface area contributed by atoms with Crippen molar-refractivity contribution in [1.82, 2.24) is 46.1 Å². The molecule has 0 aliphatic carbocycles. The lowest BCUT2D eigenvalue weighted by molar-refractivity contribution is 0.0934. The predicted molar refractivity (Wildman–Crippen MR) is 278 cm³/mol. The molecule has 6 amide bonds. The highest BCUT2D eigenvalue weighted by atomic mass is 32.2. The first-order valence-electron chi connectivity index (χ1n) is 24.2. The standard InChI is InChI=1S/C29H33F2N7O2.C24H23F2N5O3S/c1-16(2)33-27(39)18-9-8-17(3)20(14-18)24-21-15-32-29(40)38(25-22(30)6-5-7-23(25)31)26(21)36-28(35-24)34-19-10-12-37(4)13-11-19;1-12(2)28-22(32)14-9-8-13(3)15(10-14)19-16-11-27-24(33)31(20-17(25)6-5-7-18(20)26)21(16)30-23(29-19)35(4)34/h5-9,14,16,19H,10-13,15H2,1-4H3,(H,32,40)(H,33,39)(H,34,35,36);5-10,12H,11H2,1-4H3,(H,27,33)(H,28,32). The lowest BCUT2D eigenvalue weighted by atomic mass is 9.97. The monoisotopic (exact) mass is 1050 g/mol. The van der Waals surface area contributed by atoms with Crippen LogP contribution in [-0.2, 0) is 23.9 Å². The van der Waals surface area contributed by atoms with Crippen LogP contribution in [0.1, 0.15) is 83.5 Å². The van der Waals surface area contributed by atoms with Crippen molar-refractivity contribution >= 4 is 63.6 Å². The van der Waals surface area contributed by atoms with Gasteiger partial charge in [-0.2, -0.15) is 4.98 Å². The van der Waals surface area contributed by atoms with E-state index >= 15 is 0 Å². The van der Waals surface area contributed by atoms with E-state index in [0.717, 1.165) is 71.1 Å². The molecule has 6 aromatic rings. The van der Waals surface area contributed by atoms with Crippen molar-refractivity contribution in [3.05, 3.63) is 129 Å². The number of piperidine rings is 1. The highest BCUT2D eigenvalue weighted by molar-refractivity contribution is 7.84. The molecule has 3 aliphatic heterocycles. The van der Waals surface area contributed by atoms with E-state index in [0.29, 0.717) is 44.8 Å². The summed E-state index contributed by atoms with van der Waals surface area (Å²) in [7, 11) is 0.384. The van der Waals surface area contributed by atoms with Crippen LogP contribution in [0.25, 0.3) is 22.5 Å². The Bertz CT molecular complexity index is 3220. The van der Waals surface area contributed by atoms with Crippen LogP contribution in [0.15, 0.2) is 78.0 Å². The SMILES string of the molecule is Cc1ccc(C(=O)NC(C)C)cc1-c1nc(NC2CCN(C)CC2)nc2c1CNC(=O)N2c1c(F)cccc1F.Cc1ccc(C(=O)NC(C)C)cc1-c1nc(S(C)=O)nc2c1CNC(=O)N2c1c(F)cccc1F. The van der Waals surface area contributed by atoms with E-state index in [9.17, 15) is 40.9 Å². The number of amides is 6. The van der Waals surface area contributed by atoms with Gasteiger partial charge in [0, 0.05) is 57.8 Å². The number of likely N-dealkylation sites (tertiary alicyclic amines) is 1. The summed E-state index contributed by atoms with van der Waals surface area (Å²) in [6.45, 7) is 13.0. The van der Waals surface area contributed by atoms with Crippen LogP contribution in [0, 0.1) is 37.1 Å². The van der Waals surface area contributed by atoms with Crippen LogP contribution in [0.2, 0.25) is 0 Å². The largest absolute Gasteiger partial charge is 0.351 e. The number of urea groups is 2. The number of rotatable bonds is 11. The number of aromatic nitrogens is 4. The van der Waals surface area contributed by atoms with Gasteiger partial charge >= 0.3 is 12.1 Å². The maximum absolute atomic E-state index is 15.0. The highest BCUT2D eigenvalue weighted by Gasteiger charge is 2.37. The van der Waals surface area contributed by atoms with Gasteiger partial charge in [-0.3, -0.25) is 13.8 Å². The summed E-state index contributed by atoms with van der Waals surface area (Å²) in [6, 6.07) is 15.5. The first-order chi connectivity index (χ1) is 35.7. The third kappa shape index (κ3) is 11.5. The number of aryl methyl sites for hydroxylation is 2. The number of carbonyl (C=O) groups excluding carboxylic acids is 4. The van der Waals surface area contributed by atoms with E-state index in [1.54, 1.807) is 30.3 Å². The average Bonchev–Trinajstić information content (AvgIpc) is 3.35. The van der Waals surface area contributed by atoms with Gasteiger partial charge in [0.15, 0.2) is 11.6 Å². The van der Waals surface area contributed by atoms with Crippen LogP contribution in [0.4, 0.5) is 56.1 Å². The molecular formula is C53H56F4N12O5S. The van der Waals surface area contributed by atoms with Crippen molar-refractivity contribution in [2.75, 3.05) is 41.5 Å². The molecule has 392 valence electrons. The molecule has 75 heavy (non-hydrogen) atoms. The lowest BCUT2D eigenvalue weighted by Crippen LogP contribution is -2.43. The molecule has 0 saturated carbocycles. The third-order valence-electron chi connectivity index (χ3n) is 12.6. The van der Waals surface area contributed by atoms with Gasteiger partial charge in [-0.05, 0) is 134 Å². The number of halogens is 4. The molecule has 1 fully saturated rings. The summed E-state index contributed by atoms with van der Waals surface area (Å²) in [6.07, 6.45) is 3.09. The lowest BCUT2D eigenvalue weighted by Gasteiger charge is -2.32. The van der Waals surface area contributed by atoms with E-state index in [2.05, 4.69) is 53.5 Å². The molecular weight excluding hydrogens is 993 g/mol. The Labute approximate surface area is 433 Å². The van der Waals surface area contributed by atoms with Crippen LogP contribution < -0.4 is 36.4 Å². The van der Waals surface area contributed by atoms with Gasteiger partial charge < -0.3 is 31.5 Å². The Balaban J connectivity index is 0.000000201. The molecule has 17 nitrogen and oxygen atoms in total. The van der Waals surface area contributed by atoms with Gasteiger partial charge in [-0.25, -0.2) is 51.9 Å². The van der Waals surface area contributed by atoms with E-state index in [1.165, 1.54) is 18.4 Å². The molecule has 0 radical (unpaired) electrons. The first kappa shape index (κ1) is 53.4. The van der Waals surface area contributed by atoms with E-state index in [1.807, 2.05) is 47.6 Å². The molecule has 3 aliphatic rings. The van der Waals surface area contributed by atoms with Gasteiger partial charge in [0.2, 0.25) is 11.1 Å². The van der Waals surface area contributed by atoms with Crippen LogP contribution in [0.3, 0.4) is 0 Å². The van der Waals surface area contributed by atoms with E-state index in [4.69, 9.17) is 4.98 Å². The summed E-state index contributed by atoms with van der Waals surface area (Å²) < 4.78 is 71.7. The zero-order chi connectivity index (χ0) is 54.0. The van der Waals surface area contributed by atoms with E-state index < -0.39 is 57.5 Å². The van der Waals surface area contributed by atoms with Crippen molar-refractivity contribution < 1.29 is 40.9 Å². The third-order valence-corrected chi connectivity index (χ3v) is 13.3. The van der Waals surface area contributed by atoms with Crippen LogP contribution in [-0.4, -0.2) is 97.4 Å². The maximum atomic E-state index is 15.0. The van der Waals surface area contributed by atoms with Gasteiger partial charge in [0.25, 0.3) is 11.8 Å². The minimum Gasteiger partial charge on any atom is -0.351 e. The van der Waals surface area contributed by atoms with Crippen LogP contribution in [0.5, 0.6) is 0 Å². The number of para-hydroxylation sites is 2. The number of fused-ring (bicyclic) bond motifs is 2. The Morgan fingerprint density at radius 1 is 0.653 bits per heavy atom. The molecule has 1 unspecified atom stereocenters. The highest BCUT2D eigenvalue weighted by Crippen LogP contribution is 2.41. The number of hydrogen-bond donors (Lipinski definition) is 5. The molecule has 0 spiro atoms. The fourth-order valence-electron chi connectivity index (χ4n) is 8.82. The quantitative estimate of drug-likeness (QED) is 0.0613. The normalized spacial score (nSPS) is 15.1.